The predicted octanol–water partition coefficient (Wildman–Crippen LogP) is 4.94. The van der Waals surface area contributed by atoms with Crippen molar-refractivity contribution in [2.24, 2.45) is 5.73 Å². The van der Waals surface area contributed by atoms with Gasteiger partial charge in [-0.3, -0.25) is 13.4 Å². The van der Waals surface area contributed by atoms with Crippen LogP contribution in [0.3, 0.4) is 0 Å². The molecule has 5 rings (SSSR count). The maximum atomic E-state index is 12.8. The van der Waals surface area contributed by atoms with Gasteiger partial charge >= 0.3 is 6.43 Å². The van der Waals surface area contributed by atoms with E-state index in [4.69, 9.17) is 20.4 Å². The van der Waals surface area contributed by atoms with Gasteiger partial charge in [0.25, 0.3) is 5.89 Å². The fourth-order valence-corrected chi connectivity index (χ4v) is 8.05. The van der Waals surface area contributed by atoms with Crippen LogP contribution < -0.4 is 14.3 Å². The van der Waals surface area contributed by atoms with E-state index >= 15 is 0 Å². The number of carbonyl (C=O) groups is 1. The molecule has 4 aromatic carbocycles. The molecule has 0 saturated heterocycles. The molecule has 4 N–H and O–H groups in total. The zero-order valence-corrected chi connectivity index (χ0v) is 30.7. The van der Waals surface area contributed by atoms with Crippen LogP contribution in [0.5, 0.6) is 0 Å². The van der Waals surface area contributed by atoms with Gasteiger partial charge in [-0.1, -0.05) is 72.8 Å². The van der Waals surface area contributed by atoms with E-state index in [2.05, 4.69) is 10.2 Å². The fourth-order valence-electron chi connectivity index (χ4n) is 5.04. The number of para-hydroxylation sites is 2. The number of hydrogen-bond donors (Lipinski definition) is 3. The van der Waals surface area contributed by atoms with Crippen LogP contribution >= 0.6 is 0 Å². The van der Waals surface area contributed by atoms with Gasteiger partial charge in [-0.25, -0.2) is 16.8 Å². The highest BCUT2D eigenvalue weighted by atomic mass is 32.2. The molecule has 0 atom stereocenters. The van der Waals surface area contributed by atoms with Gasteiger partial charge in [0.05, 0.1) is 42.5 Å². The van der Waals surface area contributed by atoms with Crippen molar-refractivity contribution in [3.8, 4) is 11.5 Å². The SMILES string of the molecule is NCC(=O)c1ccc(CN(c2ccccc2)S(=O)(=O)CCCO)cc1.O=S(=O)(CCCO)N(Cc1ccc(-c2nnc(C(F)F)o2)cc1)c1ccccc1. The summed E-state index contributed by atoms with van der Waals surface area (Å²) in [5.41, 5.74) is 8.79. The highest BCUT2D eigenvalue weighted by Crippen LogP contribution is 2.26. The van der Waals surface area contributed by atoms with Crippen LogP contribution in [-0.2, 0) is 33.1 Å². The molecule has 0 aliphatic carbocycles. The van der Waals surface area contributed by atoms with E-state index in [1.165, 1.54) is 8.61 Å². The van der Waals surface area contributed by atoms with Gasteiger partial charge in [0.1, 0.15) is 0 Å². The zero-order valence-electron chi connectivity index (χ0n) is 29.1. The Morgan fingerprint density at radius 2 is 1.13 bits per heavy atom. The Balaban J connectivity index is 0.000000244. The van der Waals surface area contributed by atoms with Crippen LogP contribution in [0.25, 0.3) is 11.5 Å². The van der Waals surface area contributed by atoms with E-state index in [0.717, 1.165) is 5.56 Å². The number of rotatable bonds is 18. The lowest BCUT2D eigenvalue weighted by molar-refractivity contribution is 0.100. The molecule has 5 aromatic rings. The van der Waals surface area contributed by atoms with E-state index in [1.54, 1.807) is 103 Å². The van der Waals surface area contributed by atoms with E-state index in [1.807, 2.05) is 6.07 Å². The first-order valence-electron chi connectivity index (χ1n) is 16.7. The topological polar surface area (TPSA) is 197 Å². The number of alkyl halides is 2. The fraction of sp³-hybridized carbons (Fsp3) is 0.270. The summed E-state index contributed by atoms with van der Waals surface area (Å²) in [7, 11) is -7.24. The summed E-state index contributed by atoms with van der Waals surface area (Å²) in [5.74, 6) is -1.28. The number of Topliss-reactive ketones (excluding diaryl/α,β-unsaturated/α-hetero) is 1. The molecule has 288 valence electrons. The van der Waals surface area contributed by atoms with Crippen molar-refractivity contribution in [1.82, 2.24) is 10.2 Å². The molecule has 0 spiro atoms. The quantitative estimate of drug-likeness (QED) is 0.102. The first-order valence-corrected chi connectivity index (χ1v) is 20.0. The van der Waals surface area contributed by atoms with Crippen molar-refractivity contribution in [1.29, 1.82) is 0 Å². The van der Waals surface area contributed by atoms with E-state index in [0.29, 0.717) is 28.1 Å². The van der Waals surface area contributed by atoms with Crippen LogP contribution in [0.4, 0.5) is 20.2 Å². The van der Waals surface area contributed by atoms with Crippen LogP contribution in [0.1, 0.15) is 46.6 Å². The molecular formula is C37H41F2N5O8S2. The van der Waals surface area contributed by atoms with Gasteiger partial charge < -0.3 is 20.4 Å². The molecule has 0 aliphatic rings. The number of nitrogens with two attached hydrogens (primary N) is 1. The third kappa shape index (κ3) is 11.7. The van der Waals surface area contributed by atoms with Crippen LogP contribution in [0, 0.1) is 0 Å². The van der Waals surface area contributed by atoms with E-state index in [9.17, 15) is 30.4 Å². The average molecular weight is 786 g/mol. The van der Waals surface area contributed by atoms with Gasteiger partial charge in [-0.15, -0.1) is 10.2 Å². The van der Waals surface area contributed by atoms with Crippen LogP contribution in [0.15, 0.2) is 114 Å². The molecule has 1 aromatic heterocycles. The number of sulfonamides is 2. The maximum absolute atomic E-state index is 12.8. The molecular weight excluding hydrogens is 745 g/mol. The van der Waals surface area contributed by atoms with E-state index < -0.39 is 32.4 Å². The van der Waals surface area contributed by atoms with Crippen LogP contribution in [-0.4, -0.2) is 74.3 Å². The summed E-state index contributed by atoms with van der Waals surface area (Å²) in [5, 5.41) is 24.8. The Bertz CT molecular complexity index is 2120. The second-order valence-corrected chi connectivity index (χ2v) is 15.8. The van der Waals surface area contributed by atoms with Crippen molar-refractivity contribution >= 4 is 37.2 Å². The number of benzene rings is 4. The minimum absolute atomic E-state index is 0.0395. The molecule has 0 aliphatic heterocycles. The van der Waals surface area contributed by atoms with Gasteiger partial charge in [0.15, 0.2) is 5.78 Å². The van der Waals surface area contributed by atoms with Crippen molar-refractivity contribution in [3.05, 3.63) is 132 Å². The highest BCUT2D eigenvalue weighted by Gasteiger charge is 2.24. The number of halogens is 2. The smallest absolute Gasteiger partial charge is 0.314 e. The zero-order chi connectivity index (χ0) is 39.1. The molecule has 17 heteroatoms. The lowest BCUT2D eigenvalue weighted by atomic mass is 10.1. The number of carbonyl (C=O) groups excluding carboxylic acids is 1. The third-order valence-corrected chi connectivity index (χ3v) is 11.5. The minimum Gasteiger partial charge on any atom is -0.415 e. The first kappa shape index (κ1) is 41.7. The van der Waals surface area contributed by atoms with Crippen LogP contribution in [0.2, 0.25) is 0 Å². The molecule has 0 radical (unpaired) electrons. The van der Waals surface area contributed by atoms with Gasteiger partial charge in [-0.2, -0.15) is 8.78 Å². The normalized spacial score (nSPS) is 11.5. The van der Waals surface area contributed by atoms with Crippen molar-refractivity contribution in [2.45, 2.75) is 32.4 Å². The lowest BCUT2D eigenvalue weighted by Gasteiger charge is -2.24. The number of aliphatic hydroxyl groups is 2. The molecule has 0 saturated carbocycles. The summed E-state index contributed by atoms with van der Waals surface area (Å²) in [6.07, 6.45) is -2.54. The first-order chi connectivity index (χ1) is 25.9. The van der Waals surface area contributed by atoms with Gasteiger partial charge in [0, 0.05) is 24.3 Å². The average Bonchev–Trinajstić information content (AvgIpc) is 3.70. The monoisotopic (exact) mass is 785 g/mol. The molecule has 0 amide bonds. The Kier molecular flexibility index (Phi) is 15.3. The summed E-state index contributed by atoms with van der Waals surface area (Å²) in [4.78, 5) is 11.6. The second kappa shape index (κ2) is 19.8. The lowest BCUT2D eigenvalue weighted by Crippen LogP contribution is -2.33. The van der Waals surface area contributed by atoms with Crippen molar-refractivity contribution in [2.75, 3.05) is 39.9 Å². The Morgan fingerprint density at radius 1 is 0.685 bits per heavy atom. The van der Waals surface area contributed by atoms with Crippen molar-refractivity contribution < 1.29 is 45.0 Å². The van der Waals surface area contributed by atoms with Crippen molar-refractivity contribution in [3.63, 3.8) is 0 Å². The summed E-state index contributed by atoms with van der Waals surface area (Å²) < 4.78 is 83.5. The number of ketones is 1. The molecule has 0 unspecified atom stereocenters. The molecule has 13 nitrogen and oxygen atoms in total. The van der Waals surface area contributed by atoms with E-state index in [-0.39, 0.29) is 68.9 Å². The summed E-state index contributed by atoms with van der Waals surface area (Å²) >= 11 is 0. The molecule has 54 heavy (non-hydrogen) atoms. The predicted molar refractivity (Wildman–Crippen MR) is 201 cm³/mol. The second-order valence-electron chi connectivity index (χ2n) is 11.7. The highest BCUT2D eigenvalue weighted by molar-refractivity contribution is 7.93. The minimum atomic E-state index is -3.66. The number of aliphatic hydroxyl groups excluding tert-OH is 2. The standard InChI is InChI=1S/C19H19F2N3O4S.C18H22N2O4S/c20-17(21)19-23-22-18(28-19)15-9-7-14(8-10-15)13-24(16-5-2-1-3-6-16)29(26,27)12-4-11-25;19-13-18(22)16-9-7-15(8-10-16)14-20(17-5-2-1-3-6-17)25(23,24)12-4-11-21/h1-3,5-10,17,25H,4,11-13H2;1-3,5-10,21H,4,11-14,19H2. The largest absolute Gasteiger partial charge is 0.415 e. The Morgan fingerprint density at radius 3 is 1.52 bits per heavy atom. The van der Waals surface area contributed by atoms with Gasteiger partial charge in [-0.05, 0) is 60.4 Å². The molecule has 0 fully saturated rings. The number of anilines is 2. The Labute approximate surface area is 312 Å². The number of aromatic nitrogens is 2. The Hall–Kier alpha value is -5.07. The van der Waals surface area contributed by atoms with Gasteiger partial charge in [0.2, 0.25) is 25.9 Å². The maximum Gasteiger partial charge on any atom is 0.314 e. The number of hydrogen-bond acceptors (Lipinski definition) is 11. The summed E-state index contributed by atoms with van der Waals surface area (Å²) in [6.45, 7) is -0.247. The number of nitrogens with zero attached hydrogens (tertiary/aromatic N) is 4. The molecule has 0 bridgehead atoms. The third-order valence-electron chi connectivity index (χ3n) is 7.82. The molecule has 1 heterocycles. The summed E-state index contributed by atoms with van der Waals surface area (Å²) in [6, 6.07) is 30.7.